The van der Waals surface area contributed by atoms with Crippen LogP contribution in [0.1, 0.15) is 12.0 Å². The Morgan fingerprint density at radius 2 is 2.35 bits per heavy atom. The first kappa shape index (κ1) is 13.4. The number of anilines is 1. The molecule has 0 radical (unpaired) electrons. The van der Waals surface area contributed by atoms with Crippen molar-refractivity contribution in [3.05, 3.63) is 23.9 Å². The first-order chi connectivity index (χ1) is 8.15. The number of carbonyl (C=O) groups is 1. The molecule has 0 saturated carbocycles. The minimum absolute atomic E-state index is 0.0518. The van der Waals surface area contributed by atoms with Gasteiger partial charge in [0.05, 0.1) is 0 Å². The summed E-state index contributed by atoms with van der Waals surface area (Å²) in [6.07, 6.45) is 2.21. The van der Waals surface area contributed by atoms with E-state index in [1.807, 2.05) is 19.2 Å². The molecule has 0 aliphatic rings. The van der Waals surface area contributed by atoms with Gasteiger partial charge in [0.15, 0.2) is 0 Å². The molecule has 0 spiro atoms. The molecule has 1 rings (SSSR count). The summed E-state index contributed by atoms with van der Waals surface area (Å²) in [5.41, 5.74) is 3.61. The fourth-order valence-electron chi connectivity index (χ4n) is 1.46. The van der Waals surface area contributed by atoms with E-state index in [-0.39, 0.29) is 5.91 Å². The highest BCUT2D eigenvalue weighted by Crippen LogP contribution is 2.07. The smallest absolute Gasteiger partial charge is 0.221 e. The second kappa shape index (κ2) is 6.82. The molecule has 0 aromatic carbocycles. The normalized spacial score (nSPS) is 10.4. The molecule has 0 unspecified atom stereocenters. The molecule has 0 atom stereocenters. The van der Waals surface area contributed by atoms with E-state index in [4.69, 9.17) is 5.84 Å². The van der Waals surface area contributed by atoms with Gasteiger partial charge >= 0.3 is 0 Å². The number of hydrazine groups is 1. The van der Waals surface area contributed by atoms with Crippen LogP contribution in [0.15, 0.2) is 18.3 Å². The lowest BCUT2D eigenvalue weighted by molar-refractivity contribution is -0.120. The van der Waals surface area contributed by atoms with E-state index in [0.717, 1.165) is 12.1 Å². The number of nitrogens with one attached hydrogen (secondary N) is 2. The minimum atomic E-state index is 0.0518. The Labute approximate surface area is 101 Å². The summed E-state index contributed by atoms with van der Waals surface area (Å²) in [6, 6.07) is 3.81. The summed E-state index contributed by atoms with van der Waals surface area (Å²) < 4.78 is 0. The van der Waals surface area contributed by atoms with Crippen molar-refractivity contribution >= 4 is 11.7 Å². The van der Waals surface area contributed by atoms with E-state index >= 15 is 0 Å². The van der Waals surface area contributed by atoms with Gasteiger partial charge in [-0.25, -0.2) is 10.8 Å². The van der Waals surface area contributed by atoms with Crippen LogP contribution in [0, 0.1) is 0 Å². The highest BCUT2D eigenvalue weighted by Gasteiger charge is 2.04. The number of amides is 1. The number of hydrogen-bond donors (Lipinski definition) is 3. The molecule has 0 bridgehead atoms. The van der Waals surface area contributed by atoms with Gasteiger partial charge in [-0.15, -0.1) is 0 Å². The van der Waals surface area contributed by atoms with Crippen molar-refractivity contribution in [1.29, 1.82) is 0 Å². The van der Waals surface area contributed by atoms with Crippen LogP contribution in [0.25, 0.3) is 0 Å². The molecular weight excluding hydrogens is 218 g/mol. The maximum absolute atomic E-state index is 11.1. The Morgan fingerprint density at radius 1 is 1.59 bits per heavy atom. The van der Waals surface area contributed by atoms with Crippen LogP contribution < -0.4 is 16.6 Å². The summed E-state index contributed by atoms with van der Waals surface area (Å²) in [7, 11) is 3.61. The van der Waals surface area contributed by atoms with Crippen molar-refractivity contribution in [2.24, 2.45) is 5.84 Å². The molecule has 1 aromatic rings. The number of rotatable bonds is 6. The van der Waals surface area contributed by atoms with Gasteiger partial charge in [-0.2, -0.15) is 0 Å². The predicted octanol–water partition coefficient (Wildman–Crippen LogP) is -0.0649. The maximum Gasteiger partial charge on any atom is 0.221 e. The Hall–Kier alpha value is -1.66. The lowest BCUT2D eigenvalue weighted by Gasteiger charge is -2.16. The Balaban J connectivity index is 2.44. The number of aromatic nitrogens is 1. The Morgan fingerprint density at radius 3 is 3.00 bits per heavy atom. The first-order valence-corrected chi connectivity index (χ1v) is 5.46. The van der Waals surface area contributed by atoms with Crippen molar-refractivity contribution in [3.8, 4) is 0 Å². The van der Waals surface area contributed by atoms with E-state index in [2.05, 4.69) is 20.6 Å². The molecule has 4 N–H and O–H groups in total. The highest BCUT2D eigenvalue weighted by molar-refractivity contribution is 5.75. The quantitative estimate of drug-likeness (QED) is 0.477. The van der Waals surface area contributed by atoms with Crippen LogP contribution in [0.3, 0.4) is 0 Å². The molecule has 94 valence electrons. The molecule has 1 aromatic heterocycles. The third-order valence-electron chi connectivity index (χ3n) is 2.42. The van der Waals surface area contributed by atoms with Gasteiger partial charge in [-0.1, -0.05) is 0 Å². The number of hydrogen-bond acceptors (Lipinski definition) is 5. The van der Waals surface area contributed by atoms with Gasteiger partial charge in [-0.05, 0) is 24.7 Å². The van der Waals surface area contributed by atoms with Crippen LogP contribution >= 0.6 is 0 Å². The fraction of sp³-hybridized carbons (Fsp3) is 0.455. The molecule has 0 aliphatic heterocycles. The standard InChI is InChI=1S/C11H19N5O/c1-13-11(17)4-6-16(2)8-9-3-5-14-10(7-9)15-12/h3,5,7H,4,6,8,12H2,1-2H3,(H,13,17)(H,14,15). The van der Waals surface area contributed by atoms with Crippen LogP contribution in [0.5, 0.6) is 0 Å². The summed E-state index contributed by atoms with van der Waals surface area (Å²) in [4.78, 5) is 17.2. The van der Waals surface area contributed by atoms with Gasteiger partial charge in [0.25, 0.3) is 0 Å². The summed E-state index contributed by atoms with van der Waals surface area (Å²) >= 11 is 0. The zero-order valence-corrected chi connectivity index (χ0v) is 10.2. The number of nitrogens with two attached hydrogens (primary N) is 1. The topological polar surface area (TPSA) is 83.3 Å². The molecular formula is C11H19N5O. The van der Waals surface area contributed by atoms with Crippen molar-refractivity contribution in [2.45, 2.75) is 13.0 Å². The molecule has 0 saturated heterocycles. The fourth-order valence-corrected chi connectivity index (χ4v) is 1.46. The zero-order valence-electron chi connectivity index (χ0n) is 10.2. The molecule has 0 aliphatic carbocycles. The second-order valence-electron chi connectivity index (χ2n) is 3.85. The van der Waals surface area contributed by atoms with Crippen LogP contribution in [-0.2, 0) is 11.3 Å². The van der Waals surface area contributed by atoms with Gasteiger partial charge < -0.3 is 15.6 Å². The third-order valence-corrected chi connectivity index (χ3v) is 2.42. The molecule has 1 heterocycles. The molecule has 0 fully saturated rings. The Bertz CT molecular complexity index is 369. The van der Waals surface area contributed by atoms with Gasteiger partial charge in [0.2, 0.25) is 5.91 Å². The molecule has 6 heteroatoms. The summed E-state index contributed by atoms with van der Waals surface area (Å²) in [6.45, 7) is 1.47. The predicted molar refractivity (Wildman–Crippen MR) is 67.1 cm³/mol. The van der Waals surface area contributed by atoms with Crippen LogP contribution in [0.4, 0.5) is 5.82 Å². The average molecular weight is 237 g/mol. The van der Waals surface area contributed by atoms with Crippen molar-refractivity contribution in [2.75, 3.05) is 26.1 Å². The number of pyridine rings is 1. The van der Waals surface area contributed by atoms with E-state index in [1.165, 1.54) is 0 Å². The van der Waals surface area contributed by atoms with Gasteiger partial charge in [0.1, 0.15) is 5.82 Å². The van der Waals surface area contributed by atoms with Gasteiger partial charge in [-0.3, -0.25) is 4.79 Å². The lowest BCUT2D eigenvalue weighted by Crippen LogP contribution is -2.26. The van der Waals surface area contributed by atoms with E-state index in [1.54, 1.807) is 13.2 Å². The van der Waals surface area contributed by atoms with Crippen LogP contribution in [0.2, 0.25) is 0 Å². The van der Waals surface area contributed by atoms with E-state index < -0.39 is 0 Å². The van der Waals surface area contributed by atoms with E-state index in [0.29, 0.717) is 18.8 Å². The van der Waals surface area contributed by atoms with E-state index in [9.17, 15) is 4.79 Å². The third kappa shape index (κ3) is 4.80. The lowest BCUT2D eigenvalue weighted by atomic mass is 10.2. The highest BCUT2D eigenvalue weighted by atomic mass is 16.1. The summed E-state index contributed by atoms with van der Waals surface area (Å²) in [5, 5.41) is 2.60. The monoisotopic (exact) mass is 237 g/mol. The average Bonchev–Trinajstić information content (AvgIpc) is 2.36. The summed E-state index contributed by atoms with van der Waals surface area (Å²) in [5.74, 6) is 5.98. The van der Waals surface area contributed by atoms with Gasteiger partial charge in [0, 0.05) is 32.8 Å². The maximum atomic E-state index is 11.1. The number of carbonyl (C=O) groups excluding carboxylic acids is 1. The zero-order chi connectivity index (χ0) is 12.7. The Kier molecular flexibility index (Phi) is 5.38. The SMILES string of the molecule is CNC(=O)CCN(C)Cc1ccnc(NN)c1. The second-order valence-corrected chi connectivity index (χ2v) is 3.85. The van der Waals surface area contributed by atoms with Crippen molar-refractivity contribution in [1.82, 2.24) is 15.2 Å². The number of nitrogens with zero attached hydrogens (tertiary/aromatic N) is 2. The van der Waals surface area contributed by atoms with Crippen LogP contribution in [-0.4, -0.2) is 36.4 Å². The van der Waals surface area contributed by atoms with Crippen molar-refractivity contribution in [3.63, 3.8) is 0 Å². The molecule has 6 nitrogen and oxygen atoms in total. The molecule has 1 amide bonds. The first-order valence-electron chi connectivity index (χ1n) is 5.46. The largest absolute Gasteiger partial charge is 0.359 e. The number of nitrogen functional groups attached to an aromatic ring is 1. The van der Waals surface area contributed by atoms with Crippen molar-refractivity contribution < 1.29 is 4.79 Å². The minimum Gasteiger partial charge on any atom is -0.359 e. The molecule has 17 heavy (non-hydrogen) atoms.